The molecule has 1 fully saturated rings. The fraction of sp³-hybridized carbons (Fsp3) is 0.818. The van der Waals surface area contributed by atoms with Gasteiger partial charge in [-0.1, -0.05) is 13.3 Å². The molecule has 16 heavy (non-hydrogen) atoms. The van der Waals surface area contributed by atoms with Crippen molar-refractivity contribution in [2.75, 3.05) is 13.1 Å². The fourth-order valence-corrected chi connectivity index (χ4v) is 1.88. The smallest absolute Gasteiger partial charge is 0.224 e. The third-order valence-electron chi connectivity index (χ3n) is 2.90. The van der Waals surface area contributed by atoms with Crippen LogP contribution in [0, 0.1) is 5.92 Å². The SMILES string of the molecule is CCCC(CN)C(=O)NC1CCC(=O)NC1. The maximum atomic E-state index is 11.8. The highest BCUT2D eigenvalue weighted by Gasteiger charge is 2.22. The van der Waals surface area contributed by atoms with Gasteiger partial charge < -0.3 is 16.4 Å². The minimum absolute atomic E-state index is 0.0190. The lowest BCUT2D eigenvalue weighted by Gasteiger charge is -2.25. The second-order valence-electron chi connectivity index (χ2n) is 4.27. The number of nitrogens with one attached hydrogen (secondary N) is 2. The van der Waals surface area contributed by atoms with E-state index in [-0.39, 0.29) is 23.8 Å². The van der Waals surface area contributed by atoms with E-state index in [1.807, 2.05) is 6.92 Å². The summed E-state index contributed by atoms with van der Waals surface area (Å²) in [4.78, 5) is 22.8. The Balaban J connectivity index is 2.35. The van der Waals surface area contributed by atoms with E-state index in [0.29, 0.717) is 19.5 Å². The van der Waals surface area contributed by atoms with Crippen LogP contribution in [0.4, 0.5) is 0 Å². The highest BCUT2D eigenvalue weighted by molar-refractivity contribution is 5.80. The number of hydrogen-bond donors (Lipinski definition) is 3. The number of carbonyl (C=O) groups is 2. The second kappa shape index (κ2) is 6.48. The van der Waals surface area contributed by atoms with Gasteiger partial charge in [-0.05, 0) is 12.8 Å². The molecule has 1 aliphatic heterocycles. The Bertz CT molecular complexity index is 246. The van der Waals surface area contributed by atoms with Crippen molar-refractivity contribution in [3.8, 4) is 0 Å². The van der Waals surface area contributed by atoms with Gasteiger partial charge in [0.25, 0.3) is 0 Å². The molecule has 5 nitrogen and oxygen atoms in total. The first-order chi connectivity index (χ1) is 7.67. The maximum absolute atomic E-state index is 11.8. The van der Waals surface area contributed by atoms with Gasteiger partial charge in [0.15, 0.2) is 0 Å². The molecule has 2 atom stereocenters. The molecule has 0 aromatic rings. The van der Waals surface area contributed by atoms with Gasteiger partial charge in [0, 0.05) is 25.6 Å². The second-order valence-corrected chi connectivity index (χ2v) is 4.27. The number of nitrogens with two attached hydrogens (primary N) is 1. The van der Waals surface area contributed by atoms with E-state index in [0.717, 1.165) is 19.3 Å². The first-order valence-corrected chi connectivity index (χ1v) is 5.94. The quantitative estimate of drug-likeness (QED) is 0.606. The zero-order chi connectivity index (χ0) is 12.0. The molecule has 4 N–H and O–H groups in total. The molecule has 1 rings (SSSR count). The summed E-state index contributed by atoms with van der Waals surface area (Å²) >= 11 is 0. The average molecular weight is 227 g/mol. The fourth-order valence-electron chi connectivity index (χ4n) is 1.88. The Morgan fingerprint density at radius 3 is 2.94 bits per heavy atom. The van der Waals surface area contributed by atoms with Crippen molar-refractivity contribution in [2.45, 2.75) is 38.6 Å². The Morgan fingerprint density at radius 2 is 2.44 bits per heavy atom. The summed E-state index contributed by atoms with van der Waals surface area (Å²) in [6.07, 6.45) is 2.99. The predicted octanol–water partition coefficient (Wildman–Crippen LogP) is -0.244. The van der Waals surface area contributed by atoms with Crippen LogP contribution in [-0.2, 0) is 9.59 Å². The van der Waals surface area contributed by atoms with E-state index in [1.165, 1.54) is 0 Å². The molecule has 1 saturated heterocycles. The van der Waals surface area contributed by atoms with Gasteiger partial charge in [-0.25, -0.2) is 0 Å². The first kappa shape index (κ1) is 13.0. The maximum Gasteiger partial charge on any atom is 0.224 e. The van der Waals surface area contributed by atoms with Crippen molar-refractivity contribution in [2.24, 2.45) is 11.7 Å². The summed E-state index contributed by atoms with van der Waals surface area (Å²) < 4.78 is 0. The van der Waals surface area contributed by atoms with Crippen LogP contribution in [0.1, 0.15) is 32.6 Å². The van der Waals surface area contributed by atoms with Gasteiger partial charge in [0.1, 0.15) is 0 Å². The number of amides is 2. The van der Waals surface area contributed by atoms with Crippen molar-refractivity contribution < 1.29 is 9.59 Å². The lowest BCUT2D eigenvalue weighted by molar-refractivity contribution is -0.128. The molecule has 0 spiro atoms. The van der Waals surface area contributed by atoms with E-state index < -0.39 is 0 Å². The van der Waals surface area contributed by atoms with Crippen LogP contribution in [0.2, 0.25) is 0 Å². The molecule has 1 aliphatic rings. The molecular formula is C11H21N3O2. The molecule has 0 radical (unpaired) electrons. The van der Waals surface area contributed by atoms with Gasteiger partial charge in [-0.15, -0.1) is 0 Å². The lowest BCUT2D eigenvalue weighted by Crippen LogP contribution is -2.50. The molecule has 1 heterocycles. The first-order valence-electron chi connectivity index (χ1n) is 5.94. The molecule has 0 aliphatic carbocycles. The summed E-state index contributed by atoms with van der Waals surface area (Å²) in [5, 5.41) is 5.68. The topological polar surface area (TPSA) is 84.2 Å². The monoisotopic (exact) mass is 227 g/mol. The summed E-state index contributed by atoms with van der Waals surface area (Å²) in [7, 11) is 0. The number of carbonyl (C=O) groups excluding carboxylic acids is 2. The summed E-state index contributed by atoms with van der Waals surface area (Å²) in [6, 6.07) is 0.0658. The number of rotatable bonds is 5. The molecule has 0 bridgehead atoms. The van der Waals surface area contributed by atoms with Crippen LogP contribution < -0.4 is 16.4 Å². The van der Waals surface area contributed by atoms with Crippen molar-refractivity contribution in [1.29, 1.82) is 0 Å². The van der Waals surface area contributed by atoms with Crippen LogP contribution in [0.15, 0.2) is 0 Å². The number of hydrogen-bond acceptors (Lipinski definition) is 3. The van der Waals surface area contributed by atoms with Gasteiger partial charge in [-0.2, -0.15) is 0 Å². The Hall–Kier alpha value is -1.10. The van der Waals surface area contributed by atoms with E-state index in [1.54, 1.807) is 0 Å². The largest absolute Gasteiger partial charge is 0.354 e. The molecule has 0 aromatic carbocycles. The molecule has 0 saturated carbocycles. The minimum atomic E-state index is -0.0948. The van der Waals surface area contributed by atoms with Gasteiger partial charge >= 0.3 is 0 Å². The summed E-state index contributed by atoms with van der Waals surface area (Å²) in [6.45, 7) is 2.96. The molecule has 92 valence electrons. The van der Waals surface area contributed by atoms with E-state index >= 15 is 0 Å². The predicted molar refractivity (Wildman–Crippen MR) is 61.6 cm³/mol. The highest BCUT2D eigenvalue weighted by atomic mass is 16.2. The van der Waals surface area contributed by atoms with Crippen molar-refractivity contribution >= 4 is 11.8 Å². The average Bonchev–Trinajstić information content (AvgIpc) is 2.29. The van der Waals surface area contributed by atoms with Gasteiger partial charge in [-0.3, -0.25) is 9.59 Å². The zero-order valence-corrected chi connectivity index (χ0v) is 9.79. The van der Waals surface area contributed by atoms with Crippen molar-refractivity contribution in [3.63, 3.8) is 0 Å². The van der Waals surface area contributed by atoms with E-state index in [9.17, 15) is 9.59 Å². The van der Waals surface area contributed by atoms with E-state index in [2.05, 4.69) is 10.6 Å². The standard InChI is InChI=1S/C11H21N3O2/c1-2-3-8(6-12)11(16)14-9-4-5-10(15)13-7-9/h8-9H,2-7,12H2,1H3,(H,13,15)(H,14,16). The highest BCUT2D eigenvalue weighted by Crippen LogP contribution is 2.08. The van der Waals surface area contributed by atoms with Gasteiger partial charge in [0.2, 0.25) is 11.8 Å². The lowest BCUT2D eigenvalue weighted by atomic mass is 10.0. The van der Waals surface area contributed by atoms with Crippen LogP contribution >= 0.6 is 0 Å². The summed E-state index contributed by atoms with van der Waals surface area (Å²) in [5.74, 6) is -0.0115. The molecule has 5 heteroatoms. The van der Waals surface area contributed by atoms with Crippen molar-refractivity contribution in [3.05, 3.63) is 0 Å². The molecule has 2 unspecified atom stereocenters. The molecule has 2 amide bonds. The Labute approximate surface area is 96.1 Å². The van der Waals surface area contributed by atoms with E-state index in [4.69, 9.17) is 5.73 Å². The minimum Gasteiger partial charge on any atom is -0.354 e. The molecular weight excluding hydrogens is 206 g/mol. The van der Waals surface area contributed by atoms with Crippen LogP contribution in [0.3, 0.4) is 0 Å². The van der Waals surface area contributed by atoms with Crippen LogP contribution in [0.25, 0.3) is 0 Å². The Morgan fingerprint density at radius 1 is 1.69 bits per heavy atom. The van der Waals surface area contributed by atoms with Crippen LogP contribution in [-0.4, -0.2) is 30.9 Å². The van der Waals surface area contributed by atoms with Crippen molar-refractivity contribution in [1.82, 2.24) is 10.6 Å². The number of piperidine rings is 1. The third kappa shape index (κ3) is 3.81. The summed E-state index contributed by atoms with van der Waals surface area (Å²) in [5.41, 5.74) is 5.56. The third-order valence-corrected chi connectivity index (χ3v) is 2.90. The normalized spacial score (nSPS) is 22.4. The van der Waals surface area contributed by atoms with Gasteiger partial charge in [0.05, 0.1) is 5.92 Å². The zero-order valence-electron chi connectivity index (χ0n) is 9.79. The van der Waals surface area contributed by atoms with Crippen LogP contribution in [0.5, 0.6) is 0 Å². The molecule has 0 aromatic heterocycles. The Kier molecular flexibility index (Phi) is 5.25.